The van der Waals surface area contributed by atoms with Gasteiger partial charge in [0.15, 0.2) is 0 Å². The van der Waals surface area contributed by atoms with E-state index in [1.54, 1.807) is 0 Å². The van der Waals surface area contributed by atoms with Gasteiger partial charge in [-0.25, -0.2) is 0 Å². The number of alkyl halides is 1. The highest BCUT2D eigenvalue weighted by Gasteiger charge is 2.18. The Morgan fingerprint density at radius 2 is 1.92 bits per heavy atom. The lowest BCUT2D eigenvalue weighted by Gasteiger charge is -2.17. The first-order valence-electron chi connectivity index (χ1n) is 5.32. The van der Waals surface area contributed by atoms with Gasteiger partial charge in [-0.2, -0.15) is 0 Å². The van der Waals surface area contributed by atoms with Crippen LogP contribution in [0.25, 0.3) is 0 Å². The summed E-state index contributed by atoms with van der Waals surface area (Å²) in [7, 11) is 0. The van der Waals surface area contributed by atoms with Gasteiger partial charge in [0.05, 0.1) is 0 Å². The van der Waals surface area contributed by atoms with E-state index in [2.05, 4.69) is 13.8 Å². The summed E-state index contributed by atoms with van der Waals surface area (Å²) < 4.78 is 0. The maximum absolute atomic E-state index is 6.20. The largest absolute Gasteiger partial charge is 0.123 e. The molecule has 0 aliphatic heterocycles. The van der Waals surface area contributed by atoms with Crippen molar-refractivity contribution in [1.82, 2.24) is 0 Å². The number of halogens is 1. The fourth-order valence-electron chi connectivity index (χ4n) is 2.28. The molecule has 0 aromatic heterocycles. The molecule has 0 saturated heterocycles. The molecule has 1 aliphatic carbocycles. The lowest BCUT2D eigenvalue weighted by molar-refractivity contribution is 0.371. The van der Waals surface area contributed by atoms with Gasteiger partial charge in [-0.05, 0) is 31.1 Å². The molecule has 0 spiro atoms. The van der Waals surface area contributed by atoms with Gasteiger partial charge in [0, 0.05) is 5.38 Å². The highest BCUT2D eigenvalue weighted by atomic mass is 35.5. The van der Waals surface area contributed by atoms with Gasteiger partial charge in [-0.3, -0.25) is 0 Å². The summed E-state index contributed by atoms with van der Waals surface area (Å²) >= 11 is 6.20. The second kappa shape index (κ2) is 5.11. The van der Waals surface area contributed by atoms with Crippen LogP contribution in [0.15, 0.2) is 0 Å². The van der Waals surface area contributed by atoms with Gasteiger partial charge in [-0.15, -0.1) is 11.6 Å². The Kier molecular flexibility index (Phi) is 4.42. The molecule has 1 aliphatic rings. The van der Waals surface area contributed by atoms with E-state index < -0.39 is 0 Å². The van der Waals surface area contributed by atoms with Crippen LogP contribution in [0.3, 0.4) is 0 Å². The molecular weight excluding hydrogens is 168 g/mol. The van der Waals surface area contributed by atoms with Crippen molar-refractivity contribution in [1.29, 1.82) is 0 Å². The minimum atomic E-state index is 0.469. The fourth-order valence-corrected chi connectivity index (χ4v) is 2.68. The monoisotopic (exact) mass is 188 g/mol. The molecule has 0 aromatic rings. The van der Waals surface area contributed by atoms with Crippen molar-refractivity contribution in [2.45, 2.75) is 57.7 Å². The van der Waals surface area contributed by atoms with Crippen LogP contribution in [0.1, 0.15) is 52.4 Å². The average molecular weight is 189 g/mol. The van der Waals surface area contributed by atoms with E-state index in [1.807, 2.05) is 0 Å². The third-order valence-corrected chi connectivity index (χ3v) is 3.17. The molecular formula is C11H21Cl. The molecule has 0 nitrogen and oxygen atoms in total. The second-order valence-corrected chi connectivity index (χ2v) is 5.23. The van der Waals surface area contributed by atoms with Crippen LogP contribution < -0.4 is 0 Å². The highest BCUT2D eigenvalue weighted by Crippen LogP contribution is 2.30. The number of hydrogen-bond acceptors (Lipinski definition) is 0. The lowest BCUT2D eigenvalue weighted by atomic mass is 9.91. The Hall–Kier alpha value is 0.290. The first-order valence-corrected chi connectivity index (χ1v) is 5.76. The smallest absolute Gasteiger partial charge is 0.0338 e. The van der Waals surface area contributed by atoms with Crippen molar-refractivity contribution >= 4 is 11.6 Å². The van der Waals surface area contributed by atoms with Gasteiger partial charge in [0.1, 0.15) is 0 Å². The second-order valence-electron chi connectivity index (χ2n) is 4.61. The molecule has 72 valence electrons. The summed E-state index contributed by atoms with van der Waals surface area (Å²) in [6.07, 6.45) is 8.06. The van der Waals surface area contributed by atoms with E-state index in [9.17, 15) is 0 Å². The first kappa shape index (κ1) is 10.4. The van der Waals surface area contributed by atoms with Crippen LogP contribution in [-0.2, 0) is 0 Å². The van der Waals surface area contributed by atoms with E-state index in [-0.39, 0.29) is 0 Å². The first-order chi connectivity index (χ1) is 5.68. The topological polar surface area (TPSA) is 0 Å². The van der Waals surface area contributed by atoms with Crippen LogP contribution in [0.4, 0.5) is 0 Å². The van der Waals surface area contributed by atoms with Crippen molar-refractivity contribution in [3.8, 4) is 0 Å². The fraction of sp³-hybridized carbons (Fsp3) is 1.00. The molecule has 0 N–H and O–H groups in total. The minimum Gasteiger partial charge on any atom is -0.123 e. The van der Waals surface area contributed by atoms with Gasteiger partial charge in [-0.1, -0.05) is 33.1 Å². The zero-order chi connectivity index (χ0) is 8.97. The molecule has 12 heavy (non-hydrogen) atoms. The Bertz CT molecular complexity index is 120. The van der Waals surface area contributed by atoms with Crippen molar-refractivity contribution < 1.29 is 0 Å². The number of hydrogen-bond donors (Lipinski definition) is 0. The molecule has 0 aromatic carbocycles. The molecule has 1 saturated carbocycles. The minimum absolute atomic E-state index is 0.469. The molecule has 1 heteroatoms. The summed E-state index contributed by atoms with van der Waals surface area (Å²) in [4.78, 5) is 0. The molecule has 0 radical (unpaired) electrons. The third-order valence-electron chi connectivity index (χ3n) is 2.77. The van der Waals surface area contributed by atoms with E-state index >= 15 is 0 Å². The summed E-state index contributed by atoms with van der Waals surface area (Å²) in [5.41, 5.74) is 0. The van der Waals surface area contributed by atoms with Gasteiger partial charge >= 0.3 is 0 Å². The predicted octanol–water partition coefficient (Wildman–Crippen LogP) is 4.22. The quantitative estimate of drug-likeness (QED) is 0.450. The summed E-state index contributed by atoms with van der Waals surface area (Å²) in [6, 6.07) is 0. The van der Waals surface area contributed by atoms with Crippen molar-refractivity contribution in [2.24, 2.45) is 11.8 Å². The maximum atomic E-state index is 6.20. The van der Waals surface area contributed by atoms with Crippen molar-refractivity contribution in [3.05, 3.63) is 0 Å². The SMILES string of the molecule is CC(C)CC1CCCCC(Cl)C1. The van der Waals surface area contributed by atoms with Crippen LogP contribution in [-0.4, -0.2) is 5.38 Å². The molecule has 0 heterocycles. The van der Waals surface area contributed by atoms with Crippen molar-refractivity contribution in [3.63, 3.8) is 0 Å². The predicted molar refractivity (Wildman–Crippen MR) is 55.7 cm³/mol. The molecule has 2 unspecified atom stereocenters. The van der Waals surface area contributed by atoms with Crippen LogP contribution in [0.2, 0.25) is 0 Å². The van der Waals surface area contributed by atoms with E-state index in [4.69, 9.17) is 11.6 Å². The summed E-state index contributed by atoms with van der Waals surface area (Å²) in [5.74, 6) is 1.76. The van der Waals surface area contributed by atoms with E-state index in [1.165, 1.54) is 38.5 Å². The molecule has 2 atom stereocenters. The molecule has 0 amide bonds. The maximum Gasteiger partial charge on any atom is 0.0338 e. The van der Waals surface area contributed by atoms with Crippen LogP contribution in [0, 0.1) is 11.8 Å². The average Bonchev–Trinajstić information content (AvgIpc) is 2.12. The van der Waals surface area contributed by atoms with Crippen LogP contribution >= 0.6 is 11.6 Å². The van der Waals surface area contributed by atoms with Gasteiger partial charge in [0.25, 0.3) is 0 Å². The number of rotatable bonds is 2. The van der Waals surface area contributed by atoms with Crippen LogP contribution in [0.5, 0.6) is 0 Å². The zero-order valence-electron chi connectivity index (χ0n) is 8.35. The normalized spacial score (nSPS) is 32.0. The Morgan fingerprint density at radius 1 is 1.25 bits per heavy atom. The third kappa shape index (κ3) is 3.80. The molecule has 1 fully saturated rings. The Labute approximate surface area is 81.7 Å². The van der Waals surface area contributed by atoms with Gasteiger partial charge in [0.2, 0.25) is 0 Å². The zero-order valence-corrected chi connectivity index (χ0v) is 9.11. The summed E-state index contributed by atoms with van der Waals surface area (Å²) in [6.45, 7) is 4.63. The molecule has 1 rings (SSSR count). The van der Waals surface area contributed by atoms with Gasteiger partial charge < -0.3 is 0 Å². The lowest BCUT2D eigenvalue weighted by Crippen LogP contribution is -2.08. The standard InChI is InChI=1S/C11H21Cl/c1-9(2)7-10-5-3-4-6-11(12)8-10/h9-11H,3-8H2,1-2H3. The van der Waals surface area contributed by atoms with E-state index in [0.29, 0.717) is 5.38 Å². The van der Waals surface area contributed by atoms with Crippen molar-refractivity contribution in [2.75, 3.05) is 0 Å². The highest BCUT2D eigenvalue weighted by molar-refractivity contribution is 6.20. The summed E-state index contributed by atoms with van der Waals surface area (Å²) in [5, 5.41) is 0.469. The van der Waals surface area contributed by atoms with E-state index in [0.717, 1.165) is 11.8 Å². The Balaban J connectivity index is 2.31. The Morgan fingerprint density at radius 3 is 2.58 bits per heavy atom. The molecule has 0 bridgehead atoms.